The van der Waals surface area contributed by atoms with E-state index in [0.29, 0.717) is 23.7 Å². The molecule has 0 radical (unpaired) electrons. The van der Waals surface area contributed by atoms with Crippen molar-refractivity contribution in [3.63, 3.8) is 0 Å². The summed E-state index contributed by atoms with van der Waals surface area (Å²) in [5.74, 6) is 1.34. The fraction of sp³-hybridized carbons (Fsp3) is 0.190. The quantitative estimate of drug-likeness (QED) is 0.315. The summed E-state index contributed by atoms with van der Waals surface area (Å²) in [5, 5.41) is 0. The molecule has 0 bridgehead atoms. The maximum Gasteiger partial charge on any atom is 0.338 e. The van der Waals surface area contributed by atoms with E-state index in [1.54, 1.807) is 26.2 Å². The molecule has 0 unspecified atom stereocenters. The molecule has 0 amide bonds. The van der Waals surface area contributed by atoms with E-state index in [4.69, 9.17) is 14.2 Å². The lowest BCUT2D eigenvalue weighted by molar-refractivity contribution is -0.130. The van der Waals surface area contributed by atoms with Gasteiger partial charge in [0.15, 0.2) is 0 Å². The normalized spacial score (nSPS) is 10.0. The van der Waals surface area contributed by atoms with Crippen molar-refractivity contribution in [1.29, 1.82) is 0 Å². The molecule has 0 aliphatic heterocycles. The summed E-state index contributed by atoms with van der Waals surface area (Å²) in [4.78, 5) is 11.6. The van der Waals surface area contributed by atoms with Crippen LogP contribution in [0.15, 0.2) is 66.8 Å². The van der Waals surface area contributed by atoms with Crippen molar-refractivity contribution in [2.24, 2.45) is 0 Å². The number of rotatable bonds is 7. The van der Waals surface area contributed by atoms with Crippen molar-refractivity contribution in [1.82, 2.24) is 0 Å². The predicted octanol–water partition coefficient (Wildman–Crippen LogP) is 4.80. The predicted molar refractivity (Wildman–Crippen MR) is 99.2 cm³/mol. The summed E-state index contributed by atoms with van der Waals surface area (Å²) in [6, 6.07) is 12.9. The molecule has 0 aromatic heterocycles. The number of hydrogen-bond donors (Lipinski definition) is 0. The Labute approximate surface area is 148 Å². The Balaban J connectivity index is 2.22. The van der Waals surface area contributed by atoms with E-state index < -0.39 is 5.97 Å². The summed E-state index contributed by atoms with van der Waals surface area (Å²) in [6.45, 7) is 11.4. The fourth-order valence-electron chi connectivity index (χ4n) is 2.10. The zero-order chi connectivity index (χ0) is 18.4. The van der Waals surface area contributed by atoms with Gasteiger partial charge in [-0.1, -0.05) is 25.3 Å². The Morgan fingerprint density at radius 1 is 1.00 bits per heavy atom. The Kier molecular flexibility index (Phi) is 6.01. The third kappa shape index (κ3) is 4.98. The molecule has 0 aliphatic carbocycles. The van der Waals surface area contributed by atoms with Crippen LogP contribution in [-0.4, -0.2) is 19.7 Å². The maximum absolute atomic E-state index is 11.6. The average Bonchev–Trinajstić information content (AvgIpc) is 2.60. The van der Waals surface area contributed by atoms with Gasteiger partial charge in [0.25, 0.3) is 0 Å². The minimum Gasteiger partial charge on any atom is -0.496 e. The zero-order valence-corrected chi connectivity index (χ0v) is 14.8. The van der Waals surface area contributed by atoms with Crippen molar-refractivity contribution >= 4 is 5.97 Å². The van der Waals surface area contributed by atoms with E-state index >= 15 is 0 Å². The number of methoxy groups -OCH3 is 1. The highest BCUT2D eigenvalue weighted by molar-refractivity contribution is 5.89. The van der Waals surface area contributed by atoms with Gasteiger partial charge >= 0.3 is 5.97 Å². The van der Waals surface area contributed by atoms with Crippen molar-refractivity contribution in [2.75, 3.05) is 13.7 Å². The zero-order valence-electron chi connectivity index (χ0n) is 14.8. The van der Waals surface area contributed by atoms with Crippen LogP contribution in [0.4, 0.5) is 0 Å². The van der Waals surface area contributed by atoms with Gasteiger partial charge in [0, 0.05) is 17.2 Å². The lowest BCUT2D eigenvalue weighted by Gasteiger charge is -2.12. The highest BCUT2D eigenvalue weighted by atomic mass is 16.5. The molecule has 130 valence electrons. The largest absolute Gasteiger partial charge is 0.496 e. The molecular weight excluding hydrogens is 316 g/mol. The van der Waals surface area contributed by atoms with E-state index in [1.165, 1.54) is 0 Å². The summed E-state index contributed by atoms with van der Waals surface area (Å²) < 4.78 is 16.3. The maximum atomic E-state index is 11.6. The third-order valence-corrected chi connectivity index (χ3v) is 3.38. The van der Waals surface area contributed by atoms with Gasteiger partial charge in [0.2, 0.25) is 0 Å². The minimum absolute atomic E-state index is 0.341. The van der Waals surface area contributed by atoms with E-state index in [2.05, 4.69) is 13.2 Å². The number of carbonyl (C=O) groups is 1. The molecule has 25 heavy (non-hydrogen) atoms. The molecule has 0 N–H and O–H groups in total. The lowest BCUT2D eigenvalue weighted by Crippen LogP contribution is -2.08. The minimum atomic E-state index is -0.464. The first-order valence-electron chi connectivity index (χ1n) is 7.84. The fourth-order valence-corrected chi connectivity index (χ4v) is 2.10. The molecule has 4 heteroatoms. The molecule has 0 saturated heterocycles. The molecule has 2 rings (SSSR count). The third-order valence-electron chi connectivity index (χ3n) is 3.38. The van der Waals surface area contributed by atoms with Gasteiger partial charge in [-0.05, 0) is 49.2 Å². The van der Waals surface area contributed by atoms with Crippen LogP contribution in [0.3, 0.4) is 0 Å². The number of esters is 1. The lowest BCUT2D eigenvalue weighted by atomic mass is 10.0. The first-order valence-corrected chi connectivity index (χ1v) is 7.84. The second kappa shape index (κ2) is 8.20. The van der Waals surface area contributed by atoms with Crippen LogP contribution in [0, 0.1) is 0 Å². The SMILES string of the molecule is C=C(C)COc1ccc(-c2ccc(OC(=O)C(=C)C)cc2OC)cc1. The first kappa shape index (κ1) is 18.3. The summed E-state index contributed by atoms with van der Waals surface area (Å²) in [7, 11) is 1.58. The van der Waals surface area contributed by atoms with E-state index in [9.17, 15) is 4.79 Å². The topological polar surface area (TPSA) is 44.8 Å². The number of benzene rings is 2. The summed E-state index contributed by atoms with van der Waals surface area (Å²) >= 11 is 0. The van der Waals surface area contributed by atoms with Crippen molar-refractivity contribution in [3.05, 3.63) is 66.8 Å². The number of hydrogen-bond acceptors (Lipinski definition) is 4. The standard InChI is InChI=1S/C21H22O4/c1-14(2)13-24-17-8-6-16(7-9-17)19-11-10-18(12-20(19)23-5)25-21(22)15(3)4/h6-12H,1,3,13H2,2,4-5H3. The van der Waals surface area contributed by atoms with Crippen LogP contribution >= 0.6 is 0 Å². The van der Waals surface area contributed by atoms with Crippen molar-refractivity contribution in [3.8, 4) is 28.4 Å². The molecule has 2 aromatic carbocycles. The Morgan fingerprint density at radius 3 is 2.20 bits per heavy atom. The van der Waals surface area contributed by atoms with Gasteiger partial charge < -0.3 is 14.2 Å². The molecule has 4 nitrogen and oxygen atoms in total. The van der Waals surface area contributed by atoms with Crippen LogP contribution in [-0.2, 0) is 4.79 Å². The van der Waals surface area contributed by atoms with Gasteiger partial charge in [0.05, 0.1) is 7.11 Å². The van der Waals surface area contributed by atoms with Gasteiger partial charge in [-0.25, -0.2) is 4.79 Å². The van der Waals surface area contributed by atoms with Crippen LogP contribution in [0.25, 0.3) is 11.1 Å². The van der Waals surface area contributed by atoms with E-state index in [0.717, 1.165) is 22.4 Å². The van der Waals surface area contributed by atoms with E-state index in [-0.39, 0.29) is 0 Å². The smallest absolute Gasteiger partial charge is 0.338 e. The highest BCUT2D eigenvalue weighted by Crippen LogP contribution is 2.34. The Morgan fingerprint density at radius 2 is 1.64 bits per heavy atom. The molecule has 0 atom stereocenters. The Hall–Kier alpha value is -3.01. The van der Waals surface area contributed by atoms with Gasteiger partial charge in [-0.3, -0.25) is 0 Å². The highest BCUT2D eigenvalue weighted by Gasteiger charge is 2.11. The van der Waals surface area contributed by atoms with Gasteiger partial charge in [-0.15, -0.1) is 0 Å². The molecule has 0 heterocycles. The molecule has 0 aliphatic rings. The van der Waals surface area contributed by atoms with Crippen molar-refractivity contribution < 1.29 is 19.0 Å². The second-order valence-corrected chi connectivity index (χ2v) is 5.80. The number of ether oxygens (including phenoxy) is 3. The Bertz CT molecular complexity index is 788. The van der Waals surface area contributed by atoms with Gasteiger partial charge in [-0.2, -0.15) is 0 Å². The van der Waals surface area contributed by atoms with Crippen molar-refractivity contribution in [2.45, 2.75) is 13.8 Å². The van der Waals surface area contributed by atoms with Crippen LogP contribution in [0.5, 0.6) is 17.2 Å². The monoisotopic (exact) mass is 338 g/mol. The van der Waals surface area contributed by atoms with Crippen LogP contribution < -0.4 is 14.2 Å². The second-order valence-electron chi connectivity index (χ2n) is 5.80. The summed E-state index contributed by atoms with van der Waals surface area (Å²) in [6.07, 6.45) is 0. The molecule has 0 saturated carbocycles. The average molecular weight is 338 g/mol. The number of carbonyl (C=O) groups excluding carboxylic acids is 1. The molecular formula is C21H22O4. The van der Waals surface area contributed by atoms with E-state index in [1.807, 2.05) is 37.3 Å². The summed E-state index contributed by atoms with van der Waals surface area (Å²) in [5.41, 5.74) is 3.17. The molecule has 0 fully saturated rings. The van der Waals surface area contributed by atoms with Crippen LogP contribution in [0.2, 0.25) is 0 Å². The van der Waals surface area contributed by atoms with Gasteiger partial charge in [0.1, 0.15) is 23.9 Å². The van der Waals surface area contributed by atoms with Crippen LogP contribution in [0.1, 0.15) is 13.8 Å². The molecule has 0 spiro atoms. The molecule has 2 aromatic rings. The first-order chi connectivity index (χ1) is 11.9.